The predicted molar refractivity (Wildman–Crippen MR) is 114 cm³/mol. The van der Waals surface area contributed by atoms with Crippen LogP contribution in [0.2, 0.25) is 5.02 Å². The van der Waals surface area contributed by atoms with Crippen molar-refractivity contribution >= 4 is 39.1 Å². The van der Waals surface area contributed by atoms with Crippen LogP contribution in [0, 0.1) is 5.92 Å². The Morgan fingerprint density at radius 3 is 2.78 bits per heavy atom. The molecule has 0 aliphatic carbocycles. The van der Waals surface area contributed by atoms with Gasteiger partial charge in [-0.25, -0.2) is 0 Å². The van der Waals surface area contributed by atoms with Gasteiger partial charge >= 0.3 is 0 Å². The standard InChI is InChI=1S/C22H24BrClN2O/c1-15-11-18-12-19(23)6-9-21(18)26(15)22(27)17-3-2-10-25(14-17)13-16-4-7-20(24)8-5-16/h4-9,12,15,17H,2-3,10-11,13-14H2,1H3/t15-,17+/m1/s1. The van der Waals surface area contributed by atoms with Crippen LogP contribution in [0.4, 0.5) is 5.69 Å². The zero-order valence-electron chi connectivity index (χ0n) is 15.5. The van der Waals surface area contributed by atoms with E-state index in [4.69, 9.17) is 11.6 Å². The summed E-state index contributed by atoms with van der Waals surface area (Å²) in [5, 5.41) is 0.763. The van der Waals surface area contributed by atoms with E-state index in [1.165, 1.54) is 11.1 Å². The van der Waals surface area contributed by atoms with Crippen molar-refractivity contribution in [3.63, 3.8) is 0 Å². The molecule has 2 aliphatic rings. The molecule has 0 N–H and O–H groups in total. The fraction of sp³-hybridized carbons (Fsp3) is 0.409. The van der Waals surface area contributed by atoms with Crippen molar-refractivity contribution < 1.29 is 4.79 Å². The van der Waals surface area contributed by atoms with E-state index < -0.39 is 0 Å². The van der Waals surface area contributed by atoms with E-state index in [1.54, 1.807) is 0 Å². The number of nitrogens with zero attached hydrogens (tertiary/aromatic N) is 2. The second-order valence-corrected chi connectivity index (χ2v) is 9.09. The number of carbonyl (C=O) groups excluding carboxylic acids is 1. The fourth-order valence-corrected chi connectivity index (χ4v) is 4.92. The van der Waals surface area contributed by atoms with Crippen molar-refractivity contribution in [2.24, 2.45) is 5.92 Å². The maximum absolute atomic E-state index is 13.4. The summed E-state index contributed by atoms with van der Waals surface area (Å²) < 4.78 is 1.08. The van der Waals surface area contributed by atoms with Crippen LogP contribution >= 0.6 is 27.5 Å². The van der Waals surface area contributed by atoms with Crippen LogP contribution in [0.1, 0.15) is 30.9 Å². The molecule has 0 bridgehead atoms. The molecule has 0 unspecified atom stereocenters. The minimum Gasteiger partial charge on any atom is -0.309 e. The molecule has 2 heterocycles. The highest BCUT2D eigenvalue weighted by atomic mass is 79.9. The first-order valence-corrected chi connectivity index (χ1v) is 10.8. The number of hydrogen-bond donors (Lipinski definition) is 0. The number of carbonyl (C=O) groups is 1. The lowest BCUT2D eigenvalue weighted by atomic mass is 9.95. The Balaban J connectivity index is 1.47. The summed E-state index contributed by atoms with van der Waals surface area (Å²) in [5.41, 5.74) is 3.60. The first kappa shape index (κ1) is 19.0. The molecule has 5 heteroatoms. The van der Waals surface area contributed by atoms with Crippen molar-refractivity contribution in [2.45, 2.75) is 38.8 Å². The van der Waals surface area contributed by atoms with Crippen molar-refractivity contribution in [3.8, 4) is 0 Å². The van der Waals surface area contributed by atoms with Crippen molar-refractivity contribution in [3.05, 3.63) is 63.1 Å². The number of benzene rings is 2. The van der Waals surface area contributed by atoms with Crippen LogP contribution < -0.4 is 4.90 Å². The van der Waals surface area contributed by atoms with Crippen LogP contribution in [0.15, 0.2) is 46.9 Å². The number of anilines is 1. The molecule has 2 aromatic rings. The number of rotatable bonds is 3. The van der Waals surface area contributed by atoms with E-state index in [0.717, 1.165) is 54.1 Å². The third kappa shape index (κ3) is 4.08. The van der Waals surface area contributed by atoms with Gasteiger partial charge in [0.15, 0.2) is 0 Å². The second-order valence-electron chi connectivity index (χ2n) is 7.74. The van der Waals surface area contributed by atoms with Gasteiger partial charge in [-0.05, 0) is 74.2 Å². The van der Waals surface area contributed by atoms with E-state index in [0.29, 0.717) is 0 Å². The average molecular weight is 448 g/mol. The summed E-state index contributed by atoms with van der Waals surface area (Å²) >= 11 is 9.53. The van der Waals surface area contributed by atoms with Gasteiger partial charge in [0.05, 0.1) is 5.92 Å². The van der Waals surface area contributed by atoms with E-state index in [-0.39, 0.29) is 17.9 Å². The minimum atomic E-state index is 0.0723. The molecule has 0 aromatic heterocycles. The summed E-state index contributed by atoms with van der Waals surface area (Å²) in [6, 6.07) is 14.5. The van der Waals surface area contributed by atoms with Gasteiger partial charge in [0.25, 0.3) is 0 Å². The lowest BCUT2D eigenvalue weighted by molar-refractivity contribution is -0.124. The molecular formula is C22H24BrClN2O. The molecule has 142 valence electrons. The van der Waals surface area contributed by atoms with Crippen molar-refractivity contribution in [1.82, 2.24) is 4.90 Å². The predicted octanol–water partition coefficient (Wildman–Crippen LogP) is 5.29. The summed E-state index contributed by atoms with van der Waals surface area (Å²) in [6.07, 6.45) is 2.98. The Hall–Kier alpha value is -1.36. The van der Waals surface area contributed by atoms with Crippen LogP contribution in [0.5, 0.6) is 0 Å². The number of amides is 1. The molecule has 0 radical (unpaired) electrons. The molecule has 1 amide bonds. The molecule has 2 atom stereocenters. The van der Waals surface area contributed by atoms with Gasteiger partial charge < -0.3 is 4.90 Å². The molecule has 0 spiro atoms. The lowest BCUT2D eigenvalue weighted by Gasteiger charge is -2.35. The van der Waals surface area contributed by atoms with E-state index in [1.807, 2.05) is 23.1 Å². The molecule has 0 saturated carbocycles. The van der Waals surface area contributed by atoms with Crippen molar-refractivity contribution in [2.75, 3.05) is 18.0 Å². The van der Waals surface area contributed by atoms with Crippen LogP contribution in [0.3, 0.4) is 0 Å². The number of piperidine rings is 1. The van der Waals surface area contributed by atoms with Gasteiger partial charge in [0, 0.05) is 34.3 Å². The molecule has 4 rings (SSSR count). The molecule has 1 saturated heterocycles. The van der Waals surface area contributed by atoms with Gasteiger partial charge in [-0.1, -0.05) is 39.7 Å². The molecule has 27 heavy (non-hydrogen) atoms. The maximum Gasteiger partial charge on any atom is 0.231 e. The number of halogens is 2. The molecule has 2 aliphatic heterocycles. The Bertz CT molecular complexity index is 839. The quantitative estimate of drug-likeness (QED) is 0.638. The Labute approximate surface area is 174 Å². The maximum atomic E-state index is 13.4. The first-order chi connectivity index (χ1) is 13.0. The smallest absolute Gasteiger partial charge is 0.231 e. The number of likely N-dealkylation sites (tertiary alicyclic amines) is 1. The van der Waals surface area contributed by atoms with Gasteiger partial charge in [-0.15, -0.1) is 0 Å². The van der Waals surface area contributed by atoms with Crippen LogP contribution in [-0.2, 0) is 17.8 Å². The van der Waals surface area contributed by atoms with E-state index in [2.05, 4.69) is 52.0 Å². The summed E-state index contributed by atoms with van der Waals surface area (Å²) in [4.78, 5) is 17.8. The third-order valence-corrected chi connectivity index (χ3v) is 6.41. The molecule has 3 nitrogen and oxygen atoms in total. The highest BCUT2D eigenvalue weighted by Gasteiger charge is 2.36. The zero-order chi connectivity index (χ0) is 19.0. The third-order valence-electron chi connectivity index (χ3n) is 5.67. The SMILES string of the molecule is C[C@@H]1Cc2cc(Br)ccc2N1C(=O)[C@H]1CCCN(Cc2ccc(Cl)cc2)C1. The van der Waals surface area contributed by atoms with Gasteiger partial charge in [0.2, 0.25) is 5.91 Å². The lowest BCUT2D eigenvalue weighted by Crippen LogP contribution is -2.46. The molecule has 2 aromatic carbocycles. The van der Waals surface area contributed by atoms with Crippen LogP contribution in [-0.4, -0.2) is 29.9 Å². The molecule has 1 fully saturated rings. The largest absolute Gasteiger partial charge is 0.309 e. The Morgan fingerprint density at radius 2 is 2.00 bits per heavy atom. The average Bonchev–Trinajstić information content (AvgIpc) is 2.98. The first-order valence-electron chi connectivity index (χ1n) is 9.59. The second kappa shape index (κ2) is 7.94. The van der Waals surface area contributed by atoms with Gasteiger partial charge in [-0.2, -0.15) is 0 Å². The van der Waals surface area contributed by atoms with E-state index in [9.17, 15) is 4.79 Å². The van der Waals surface area contributed by atoms with Crippen LogP contribution in [0.25, 0.3) is 0 Å². The Kier molecular flexibility index (Phi) is 5.58. The topological polar surface area (TPSA) is 23.6 Å². The Morgan fingerprint density at radius 1 is 1.22 bits per heavy atom. The van der Waals surface area contributed by atoms with Gasteiger partial charge in [-0.3, -0.25) is 9.69 Å². The number of hydrogen-bond acceptors (Lipinski definition) is 2. The highest BCUT2D eigenvalue weighted by Crippen LogP contribution is 2.36. The minimum absolute atomic E-state index is 0.0723. The van der Waals surface area contributed by atoms with E-state index >= 15 is 0 Å². The zero-order valence-corrected chi connectivity index (χ0v) is 17.8. The number of fused-ring (bicyclic) bond motifs is 1. The monoisotopic (exact) mass is 446 g/mol. The fourth-order valence-electron chi connectivity index (χ4n) is 4.38. The summed E-state index contributed by atoms with van der Waals surface area (Å²) in [5.74, 6) is 0.354. The van der Waals surface area contributed by atoms with Gasteiger partial charge in [0.1, 0.15) is 0 Å². The highest BCUT2D eigenvalue weighted by molar-refractivity contribution is 9.10. The summed E-state index contributed by atoms with van der Waals surface area (Å²) in [7, 11) is 0. The normalized spacial score (nSPS) is 22.7. The molecular weight excluding hydrogens is 424 g/mol. The van der Waals surface area contributed by atoms with Crippen molar-refractivity contribution in [1.29, 1.82) is 0 Å². The summed E-state index contributed by atoms with van der Waals surface area (Å²) in [6.45, 7) is 4.90.